The second kappa shape index (κ2) is 6.51. The Morgan fingerprint density at radius 2 is 2.38 bits per heavy atom. The van der Waals surface area contributed by atoms with Crippen molar-refractivity contribution in [3.05, 3.63) is 33.9 Å². The monoisotopic (exact) mass is 294 g/mol. The SMILES string of the molecule is CNC(=O)C1COCCN1Cc1ccc([N+](=O)[O-])c(N)c1. The number of ether oxygens (including phenoxy) is 1. The number of carbonyl (C=O) groups is 1. The number of benzene rings is 1. The van der Waals surface area contributed by atoms with E-state index >= 15 is 0 Å². The van der Waals surface area contributed by atoms with Crippen LogP contribution in [0, 0.1) is 10.1 Å². The van der Waals surface area contributed by atoms with Crippen molar-refractivity contribution in [2.24, 2.45) is 0 Å². The Bertz CT molecular complexity index is 549. The van der Waals surface area contributed by atoms with Gasteiger partial charge in [-0.15, -0.1) is 0 Å². The normalized spacial score (nSPS) is 19.2. The van der Waals surface area contributed by atoms with E-state index in [2.05, 4.69) is 5.32 Å². The molecule has 2 rings (SSSR count). The molecule has 0 radical (unpaired) electrons. The van der Waals surface area contributed by atoms with Gasteiger partial charge in [0.25, 0.3) is 5.69 Å². The zero-order chi connectivity index (χ0) is 15.4. The summed E-state index contributed by atoms with van der Waals surface area (Å²) >= 11 is 0. The van der Waals surface area contributed by atoms with Gasteiger partial charge in [-0.05, 0) is 11.6 Å². The predicted octanol–water partition coefficient (Wildman–Crippen LogP) is 0.124. The van der Waals surface area contributed by atoms with Crippen molar-refractivity contribution in [3.8, 4) is 0 Å². The Morgan fingerprint density at radius 3 is 3.00 bits per heavy atom. The third-order valence-electron chi connectivity index (χ3n) is 3.46. The van der Waals surface area contributed by atoms with Gasteiger partial charge in [-0.25, -0.2) is 0 Å². The van der Waals surface area contributed by atoms with Crippen molar-refractivity contribution in [2.45, 2.75) is 12.6 Å². The number of nitrogens with zero attached hydrogens (tertiary/aromatic N) is 2. The van der Waals surface area contributed by atoms with Gasteiger partial charge in [-0.2, -0.15) is 0 Å². The zero-order valence-corrected chi connectivity index (χ0v) is 11.7. The molecule has 21 heavy (non-hydrogen) atoms. The summed E-state index contributed by atoms with van der Waals surface area (Å²) in [5, 5.41) is 13.4. The summed E-state index contributed by atoms with van der Waals surface area (Å²) in [7, 11) is 1.58. The molecule has 1 saturated heterocycles. The van der Waals surface area contributed by atoms with Gasteiger partial charge in [0.1, 0.15) is 11.7 Å². The van der Waals surface area contributed by atoms with Gasteiger partial charge in [0.05, 0.1) is 18.1 Å². The third kappa shape index (κ3) is 3.47. The Labute approximate surface area is 122 Å². The number of nitro groups is 1. The van der Waals surface area contributed by atoms with Gasteiger partial charge in [0.15, 0.2) is 0 Å². The summed E-state index contributed by atoms with van der Waals surface area (Å²) in [4.78, 5) is 24.0. The molecule has 0 saturated carbocycles. The molecule has 3 N–H and O–H groups in total. The minimum Gasteiger partial charge on any atom is -0.393 e. The second-order valence-corrected chi connectivity index (χ2v) is 4.83. The van der Waals surface area contributed by atoms with E-state index in [1.165, 1.54) is 6.07 Å². The van der Waals surface area contributed by atoms with E-state index in [-0.39, 0.29) is 23.3 Å². The van der Waals surface area contributed by atoms with E-state index in [0.717, 1.165) is 5.56 Å². The quantitative estimate of drug-likeness (QED) is 0.464. The fourth-order valence-electron chi connectivity index (χ4n) is 2.34. The molecule has 8 nitrogen and oxygen atoms in total. The number of hydrogen-bond acceptors (Lipinski definition) is 6. The number of amides is 1. The summed E-state index contributed by atoms with van der Waals surface area (Å²) in [6.45, 7) is 2.00. The molecule has 8 heteroatoms. The smallest absolute Gasteiger partial charge is 0.292 e. The highest BCUT2D eigenvalue weighted by Crippen LogP contribution is 2.23. The van der Waals surface area contributed by atoms with Crippen LogP contribution in [0.5, 0.6) is 0 Å². The van der Waals surface area contributed by atoms with Crippen LogP contribution in [-0.2, 0) is 16.1 Å². The largest absolute Gasteiger partial charge is 0.393 e. The molecule has 0 aromatic heterocycles. The van der Waals surface area contributed by atoms with Crippen LogP contribution >= 0.6 is 0 Å². The molecule has 1 aromatic rings. The van der Waals surface area contributed by atoms with E-state index in [4.69, 9.17) is 10.5 Å². The third-order valence-corrected chi connectivity index (χ3v) is 3.46. The van der Waals surface area contributed by atoms with Crippen LogP contribution in [0.1, 0.15) is 5.56 Å². The first-order valence-corrected chi connectivity index (χ1v) is 6.59. The maximum atomic E-state index is 11.8. The van der Waals surface area contributed by atoms with Crippen LogP contribution in [0.2, 0.25) is 0 Å². The number of carbonyl (C=O) groups excluding carboxylic acids is 1. The standard InChI is InChI=1S/C13H18N4O4/c1-15-13(18)12-8-21-5-4-16(12)7-9-2-3-11(17(19)20)10(14)6-9/h2-3,6,12H,4-5,7-8,14H2,1H3,(H,15,18). The van der Waals surface area contributed by atoms with Crippen molar-refractivity contribution in [1.82, 2.24) is 10.2 Å². The topological polar surface area (TPSA) is 111 Å². The van der Waals surface area contributed by atoms with Crippen molar-refractivity contribution < 1.29 is 14.5 Å². The molecular formula is C13H18N4O4. The highest BCUT2D eigenvalue weighted by molar-refractivity contribution is 5.81. The number of morpholine rings is 1. The average molecular weight is 294 g/mol. The summed E-state index contributed by atoms with van der Waals surface area (Å²) in [6.07, 6.45) is 0. The lowest BCUT2D eigenvalue weighted by molar-refractivity contribution is -0.383. The first-order valence-electron chi connectivity index (χ1n) is 6.59. The number of likely N-dealkylation sites (N-methyl/N-ethyl adjacent to an activating group) is 1. The van der Waals surface area contributed by atoms with E-state index in [0.29, 0.717) is 26.3 Å². The number of nitrogens with two attached hydrogens (primary N) is 1. The fourth-order valence-corrected chi connectivity index (χ4v) is 2.34. The molecular weight excluding hydrogens is 276 g/mol. The minimum atomic E-state index is -0.513. The first kappa shape index (κ1) is 15.2. The summed E-state index contributed by atoms with van der Waals surface area (Å²) in [5.74, 6) is -0.107. The molecule has 1 fully saturated rings. The molecule has 1 amide bonds. The number of nitrogens with one attached hydrogen (secondary N) is 1. The zero-order valence-electron chi connectivity index (χ0n) is 11.7. The van der Waals surface area contributed by atoms with Crippen LogP contribution in [-0.4, -0.2) is 48.6 Å². The molecule has 0 spiro atoms. The summed E-state index contributed by atoms with van der Waals surface area (Å²) in [5.41, 5.74) is 6.53. The summed E-state index contributed by atoms with van der Waals surface area (Å²) in [6, 6.07) is 4.26. The number of hydrogen-bond donors (Lipinski definition) is 2. The molecule has 0 bridgehead atoms. The van der Waals surface area contributed by atoms with Crippen molar-refractivity contribution in [3.63, 3.8) is 0 Å². The Kier molecular flexibility index (Phi) is 4.71. The lowest BCUT2D eigenvalue weighted by Crippen LogP contribution is -2.52. The van der Waals surface area contributed by atoms with E-state index in [1.807, 2.05) is 4.90 Å². The van der Waals surface area contributed by atoms with Crippen molar-refractivity contribution in [2.75, 3.05) is 32.5 Å². The van der Waals surface area contributed by atoms with Gasteiger partial charge in [-0.1, -0.05) is 6.07 Å². The molecule has 1 atom stereocenters. The van der Waals surface area contributed by atoms with E-state index in [9.17, 15) is 14.9 Å². The van der Waals surface area contributed by atoms with Gasteiger partial charge >= 0.3 is 0 Å². The maximum absolute atomic E-state index is 11.8. The lowest BCUT2D eigenvalue weighted by atomic mass is 10.1. The highest BCUT2D eigenvalue weighted by Gasteiger charge is 2.28. The van der Waals surface area contributed by atoms with E-state index < -0.39 is 4.92 Å². The molecule has 1 aromatic carbocycles. The predicted molar refractivity (Wildman–Crippen MR) is 76.6 cm³/mol. The van der Waals surface area contributed by atoms with Crippen LogP contribution in [0.15, 0.2) is 18.2 Å². The first-order chi connectivity index (χ1) is 10.0. The lowest BCUT2D eigenvalue weighted by Gasteiger charge is -2.34. The molecule has 1 aliphatic rings. The summed E-state index contributed by atoms with van der Waals surface area (Å²) < 4.78 is 5.33. The van der Waals surface area contributed by atoms with Gasteiger partial charge < -0.3 is 15.8 Å². The number of rotatable bonds is 4. The van der Waals surface area contributed by atoms with Gasteiger partial charge in [-0.3, -0.25) is 19.8 Å². The number of nitrogen functional groups attached to an aromatic ring is 1. The highest BCUT2D eigenvalue weighted by atomic mass is 16.6. The average Bonchev–Trinajstić information content (AvgIpc) is 2.46. The van der Waals surface area contributed by atoms with Crippen molar-refractivity contribution >= 4 is 17.3 Å². The van der Waals surface area contributed by atoms with E-state index in [1.54, 1.807) is 19.2 Å². The van der Waals surface area contributed by atoms with Crippen molar-refractivity contribution in [1.29, 1.82) is 0 Å². The number of anilines is 1. The van der Waals surface area contributed by atoms with Crippen LogP contribution in [0.3, 0.4) is 0 Å². The van der Waals surface area contributed by atoms with Crippen LogP contribution in [0.25, 0.3) is 0 Å². The van der Waals surface area contributed by atoms with Crippen LogP contribution in [0.4, 0.5) is 11.4 Å². The molecule has 0 aliphatic carbocycles. The van der Waals surface area contributed by atoms with Crippen LogP contribution < -0.4 is 11.1 Å². The molecule has 114 valence electrons. The molecule has 1 aliphatic heterocycles. The maximum Gasteiger partial charge on any atom is 0.292 e. The fraction of sp³-hybridized carbons (Fsp3) is 0.462. The van der Waals surface area contributed by atoms with Gasteiger partial charge in [0.2, 0.25) is 5.91 Å². The van der Waals surface area contributed by atoms with Gasteiger partial charge in [0, 0.05) is 26.2 Å². The molecule has 1 unspecified atom stereocenters. The minimum absolute atomic E-state index is 0.107. The number of nitro benzene ring substituents is 1. The second-order valence-electron chi connectivity index (χ2n) is 4.83. The Morgan fingerprint density at radius 1 is 1.62 bits per heavy atom. The Balaban J connectivity index is 2.14. The molecule has 1 heterocycles. The Hall–Kier alpha value is -2.19.